The molecule has 4 heteroatoms. The van der Waals surface area contributed by atoms with Gasteiger partial charge in [-0.1, -0.05) is 12.8 Å². The number of carbonyl (C=O) groups is 1. The number of nitrogens with one attached hydrogen (secondary N) is 2. The molecule has 0 aromatic heterocycles. The quantitative estimate of drug-likeness (QED) is 0.569. The van der Waals surface area contributed by atoms with Crippen LogP contribution in [0, 0.1) is 0 Å². The number of carboxylic acids is 1. The molecule has 2 aliphatic carbocycles. The van der Waals surface area contributed by atoms with Crippen molar-refractivity contribution in [2.75, 3.05) is 13.1 Å². The Morgan fingerprint density at radius 2 is 1.94 bits per heavy atom. The van der Waals surface area contributed by atoms with Gasteiger partial charge in [0.1, 0.15) is 5.54 Å². The normalized spacial score (nSPS) is 23.5. The summed E-state index contributed by atoms with van der Waals surface area (Å²) in [5.74, 6) is -0.667. The SMILES string of the molecule is O=C(O)C1(NCCCNC2CC2)CCCC1. The van der Waals surface area contributed by atoms with Crippen LogP contribution < -0.4 is 10.6 Å². The molecule has 2 fully saturated rings. The zero-order valence-electron chi connectivity index (χ0n) is 9.80. The maximum Gasteiger partial charge on any atom is 0.323 e. The topological polar surface area (TPSA) is 61.4 Å². The molecule has 0 aromatic rings. The van der Waals surface area contributed by atoms with E-state index in [2.05, 4.69) is 10.6 Å². The first-order valence-corrected chi connectivity index (χ1v) is 6.45. The summed E-state index contributed by atoms with van der Waals surface area (Å²) in [7, 11) is 0. The third-order valence-corrected chi connectivity index (χ3v) is 3.69. The Labute approximate surface area is 96.8 Å². The summed E-state index contributed by atoms with van der Waals surface area (Å²) in [5.41, 5.74) is -0.612. The molecule has 0 unspecified atom stereocenters. The van der Waals surface area contributed by atoms with Crippen LogP contribution in [0.25, 0.3) is 0 Å². The fourth-order valence-electron chi connectivity index (χ4n) is 2.45. The van der Waals surface area contributed by atoms with Crippen molar-refractivity contribution in [1.29, 1.82) is 0 Å². The second-order valence-corrected chi connectivity index (χ2v) is 5.10. The van der Waals surface area contributed by atoms with E-state index in [0.29, 0.717) is 0 Å². The van der Waals surface area contributed by atoms with Crippen LogP contribution in [0.2, 0.25) is 0 Å². The lowest BCUT2D eigenvalue weighted by Gasteiger charge is -2.25. The van der Waals surface area contributed by atoms with Gasteiger partial charge in [-0.05, 0) is 45.2 Å². The monoisotopic (exact) mass is 226 g/mol. The molecule has 3 N–H and O–H groups in total. The molecule has 0 heterocycles. The van der Waals surface area contributed by atoms with Gasteiger partial charge in [-0.2, -0.15) is 0 Å². The maximum atomic E-state index is 11.2. The van der Waals surface area contributed by atoms with Crippen molar-refractivity contribution in [1.82, 2.24) is 10.6 Å². The van der Waals surface area contributed by atoms with E-state index in [1.807, 2.05) is 0 Å². The van der Waals surface area contributed by atoms with E-state index in [4.69, 9.17) is 0 Å². The highest BCUT2D eigenvalue weighted by Gasteiger charge is 2.40. The minimum Gasteiger partial charge on any atom is -0.480 e. The first kappa shape index (κ1) is 11.9. The van der Waals surface area contributed by atoms with Crippen LogP contribution in [0.15, 0.2) is 0 Å². The Morgan fingerprint density at radius 3 is 2.50 bits per heavy atom. The molecule has 0 aromatic carbocycles. The summed E-state index contributed by atoms with van der Waals surface area (Å²) in [6.45, 7) is 1.82. The van der Waals surface area contributed by atoms with Crippen LogP contribution in [0.5, 0.6) is 0 Å². The van der Waals surface area contributed by atoms with Crippen LogP contribution in [0.1, 0.15) is 44.9 Å². The Kier molecular flexibility index (Phi) is 3.82. The van der Waals surface area contributed by atoms with Gasteiger partial charge >= 0.3 is 5.97 Å². The number of hydrogen-bond acceptors (Lipinski definition) is 3. The van der Waals surface area contributed by atoms with Gasteiger partial charge in [0.2, 0.25) is 0 Å². The summed E-state index contributed by atoms with van der Waals surface area (Å²) in [6.07, 6.45) is 7.31. The van der Waals surface area contributed by atoms with E-state index in [-0.39, 0.29) is 0 Å². The zero-order chi connectivity index (χ0) is 11.4. The number of hydrogen-bond donors (Lipinski definition) is 3. The molecular weight excluding hydrogens is 204 g/mol. The van der Waals surface area contributed by atoms with Crippen LogP contribution >= 0.6 is 0 Å². The Bertz CT molecular complexity index is 245. The van der Waals surface area contributed by atoms with E-state index in [1.54, 1.807) is 0 Å². The summed E-state index contributed by atoms with van der Waals surface area (Å²) < 4.78 is 0. The van der Waals surface area contributed by atoms with Crippen molar-refractivity contribution in [3.63, 3.8) is 0 Å². The molecule has 0 atom stereocenters. The van der Waals surface area contributed by atoms with Gasteiger partial charge in [-0.3, -0.25) is 4.79 Å². The number of aliphatic carboxylic acids is 1. The standard InChI is InChI=1S/C12H22N2O2/c15-11(16)12(6-1-2-7-12)14-9-3-8-13-10-4-5-10/h10,13-14H,1-9H2,(H,15,16). The van der Waals surface area contributed by atoms with E-state index in [1.165, 1.54) is 12.8 Å². The number of carboxylic acid groups (broad SMARTS) is 1. The van der Waals surface area contributed by atoms with Gasteiger partial charge in [-0.15, -0.1) is 0 Å². The van der Waals surface area contributed by atoms with Crippen molar-refractivity contribution in [2.24, 2.45) is 0 Å². The summed E-state index contributed by atoms with van der Waals surface area (Å²) in [6, 6.07) is 0.750. The molecule has 0 radical (unpaired) electrons. The lowest BCUT2D eigenvalue weighted by molar-refractivity contribution is -0.144. The second-order valence-electron chi connectivity index (χ2n) is 5.10. The fraction of sp³-hybridized carbons (Fsp3) is 0.917. The summed E-state index contributed by atoms with van der Waals surface area (Å²) in [4.78, 5) is 11.2. The molecule has 0 aliphatic heterocycles. The Balaban J connectivity index is 1.63. The van der Waals surface area contributed by atoms with Gasteiger partial charge < -0.3 is 15.7 Å². The molecule has 2 rings (SSSR count). The van der Waals surface area contributed by atoms with E-state index in [0.717, 1.165) is 51.2 Å². The third-order valence-electron chi connectivity index (χ3n) is 3.69. The van der Waals surface area contributed by atoms with Crippen molar-refractivity contribution >= 4 is 5.97 Å². The highest BCUT2D eigenvalue weighted by Crippen LogP contribution is 2.29. The molecule has 0 bridgehead atoms. The van der Waals surface area contributed by atoms with Gasteiger partial charge in [0.05, 0.1) is 0 Å². The van der Waals surface area contributed by atoms with Gasteiger partial charge in [-0.25, -0.2) is 0 Å². The average molecular weight is 226 g/mol. The lowest BCUT2D eigenvalue weighted by atomic mass is 9.98. The van der Waals surface area contributed by atoms with Crippen molar-refractivity contribution in [3.8, 4) is 0 Å². The van der Waals surface area contributed by atoms with Crippen LogP contribution in [-0.2, 0) is 4.79 Å². The molecule has 0 spiro atoms. The average Bonchev–Trinajstić information content (AvgIpc) is 2.94. The first-order chi connectivity index (χ1) is 7.73. The van der Waals surface area contributed by atoms with Crippen LogP contribution in [-0.4, -0.2) is 35.7 Å². The van der Waals surface area contributed by atoms with Gasteiger partial charge in [0.15, 0.2) is 0 Å². The largest absolute Gasteiger partial charge is 0.480 e. The predicted molar refractivity (Wildman–Crippen MR) is 62.5 cm³/mol. The molecule has 0 amide bonds. The molecule has 2 aliphatic rings. The molecule has 16 heavy (non-hydrogen) atoms. The molecule has 0 saturated heterocycles. The van der Waals surface area contributed by atoms with Crippen molar-refractivity contribution in [3.05, 3.63) is 0 Å². The number of rotatable bonds is 7. The van der Waals surface area contributed by atoms with E-state index in [9.17, 15) is 9.90 Å². The van der Waals surface area contributed by atoms with Crippen LogP contribution in [0.3, 0.4) is 0 Å². The lowest BCUT2D eigenvalue weighted by Crippen LogP contribution is -2.50. The zero-order valence-corrected chi connectivity index (χ0v) is 9.80. The fourth-order valence-corrected chi connectivity index (χ4v) is 2.45. The van der Waals surface area contributed by atoms with E-state index >= 15 is 0 Å². The van der Waals surface area contributed by atoms with Crippen molar-refractivity contribution < 1.29 is 9.90 Å². The predicted octanol–water partition coefficient (Wildman–Crippen LogP) is 1.12. The minimum atomic E-state index is -0.667. The first-order valence-electron chi connectivity index (χ1n) is 6.45. The van der Waals surface area contributed by atoms with Crippen LogP contribution in [0.4, 0.5) is 0 Å². The molecule has 2 saturated carbocycles. The maximum absolute atomic E-state index is 11.2. The molecule has 4 nitrogen and oxygen atoms in total. The highest BCUT2D eigenvalue weighted by atomic mass is 16.4. The van der Waals surface area contributed by atoms with E-state index < -0.39 is 11.5 Å². The van der Waals surface area contributed by atoms with Crippen molar-refractivity contribution in [2.45, 2.75) is 56.5 Å². The molecule has 92 valence electrons. The molecular formula is C12H22N2O2. The minimum absolute atomic E-state index is 0.612. The second kappa shape index (κ2) is 5.15. The third kappa shape index (κ3) is 2.95. The summed E-state index contributed by atoms with van der Waals surface area (Å²) >= 11 is 0. The highest BCUT2D eigenvalue weighted by molar-refractivity contribution is 5.79. The Hall–Kier alpha value is -0.610. The Morgan fingerprint density at radius 1 is 1.25 bits per heavy atom. The summed E-state index contributed by atoms with van der Waals surface area (Å²) in [5, 5.41) is 15.9. The van der Waals surface area contributed by atoms with Gasteiger partial charge in [0.25, 0.3) is 0 Å². The smallest absolute Gasteiger partial charge is 0.323 e. The van der Waals surface area contributed by atoms with Gasteiger partial charge in [0, 0.05) is 6.04 Å².